The number of aromatic nitrogens is 2. The van der Waals surface area contributed by atoms with Crippen molar-refractivity contribution in [3.63, 3.8) is 0 Å². The zero-order chi connectivity index (χ0) is 6.85. The van der Waals surface area contributed by atoms with Crippen LogP contribution in [0.5, 0.6) is 5.88 Å². The van der Waals surface area contributed by atoms with E-state index in [1.54, 1.807) is 0 Å². The van der Waals surface area contributed by atoms with Crippen molar-refractivity contribution >= 4 is 5.82 Å². The van der Waals surface area contributed by atoms with Gasteiger partial charge in [-0.25, -0.2) is 4.98 Å². The fraction of sp³-hybridized carbons (Fsp3) is 0. The third-order valence-corrected chi connectivity index (χ3v) is 0.750. The topological polar surface area (TPSA) is 72.0 Å². The van der Waals surface area contributed by atoms with Crippen LogP contribution in [0.3, 0.4) is 0 Å². The van der Waals surface area contributed by atoms with Crippen LogP contribution in [0, 0.1) is 5.95 Å². The summed E-state index contributed by atoms with van der Waals surface area (Å²) in [7, 11) is 0. The maximum Gasteiger partial charge on any atom is 0.254 e. The van der Waals surface area contributed by atoms with E-state index >= 15 is 0 Å². The van der Waals surface area contributed by atoms with Crippen molar-refractivity contribution in [1.29, 1.82) is 0 Å². The second-order valence-electron chi connectivity index (χ2n) is 1.40. The van der Waals surface area contributed by atoms with E-state index in [1.165, 1.54) is 0 Å². The molecule has 0 atom stereocenters. The van der Waals surface area contributed by atoms with Gasteiger partial charge in [-0.15, -0.1) is 0 Å². The highest BCUT2D eigenvalue weighted by Gasteiger charge is 1.98. The van der Waals surface area contributed by atoms with Crippen LogP contribution in [0.25, 0.3) is 0 Å². The number of hydrogen-bond donors (Lipinski definition) is 2. The number of nitrogens with two attached hydrogens (primary N) is 1. The van der Waals surface area contributed by atoms with Gasteiger partial charge in [-0.1, -0.05) is 0 Å². The molecule has 1 rings (SSSR count). The molecule has 4 nitrogen and oxygen atoms in total. The van der Waals surface area contributed by atoms with Crippen LogP contribution in [-0.4, -0.2) is 15.1 Å². The van der Waals surface area contributed by atoms with Gasteiger partial charge in [0.2, 0.25) is 5.95 Å². The number of hydrogen-bond acceptors (Lipinski definition) is 4. The standard InChI is InChI=1S/C4H4FN3O/c5-2-1-7-4(9)3(6)8-2/h1H,(H2,6,8)(H,7,9). The van der Waals surface area contributed by atoms with E-state index in [9.17, 15) is 4.39 Å². The van der Waals surface area contributed by atoms with E-state index in [4.69, 9.17) is 10.8 Å². The van der Waals surface area contributed by atoms with Gasteiger partial charge in [0.05, 0.1) is 6.20 Å². The van der Waals surface area contributed by atoms with Gasteiger partial charge in [-0.2, -0.15) is 9.37 Å². The van der Waals surface area contributed by atoms with Crippen LogP contribution < -0.4 is 5.73 Å². The molecule has 1 aromatic heterocycles. The highest BCUT2D eigenvalue weighted by molar-refractivity contribution is 5.37. The lowest BCUT2D eigenvalue weighted by molar-refractivity contribution is 0.446. The van der Waals surface area contributed by atoms with Crippen LogP contribution >= 0.6 is 0 Å². The normalized spacial score (nSPS) is 9.44. The molecule has 0 saturated heterocycles. The molecule has 0 aliphatic carbocycles. The first kappa shape index (κ1) is 5.74. The van der Waals surface area contributed by atoms with Gasteiger partial charge in [0, 0.05) is 0 Å². The van der Waals surface area contributed by atoms with Crippen LogP contribution in [0.15, 0.2) is 6.20 Å². The minimum Gasteiger partial charge on any atom is -0.491 e. The SMILES string of the molecule is Nc1nc(F)cnc1O. The molecule has 0 unspecified atom stereocenters. The molecule has 0 aliphatic rings. The second-order valence-corrected chi connectivity index (χ2v) is 1.40. The molecule has 0 aromatic carbocycles. The van der Waals surface area contributed by atoms with Gasteiger partial charge in [0.25, 0.3) is 5.88 Å². The Labute approximate surface area is 50.2 Å². The van der Waals surface area contributed by atoms with Crippen molar-refractivity contribution < 1.29 is 9.50 Å². The van der Waals surface area contributed by atoms with Crippen molar-refractivity contribution in [2.75, 3.05) is 5.73 Å². The van der Waals surface area contributed by atoms with Gasteiger partial charge in [-0.05, 0) is 0 Å². The van der Waals surface area contributed by atoms with E-state index in [2.05, 4.69) is 9.97 Å². The average Bonchev–Trinajstić information content (AvgIpc) is 1.80. The minimum absolute atomic E-state index is 0.296. The monoisotopic (exact) mass is 129 g/mol. The van der Waals surface area contributed by atoms with Crippen LogP contribution in [0.1, 0.15) is 0 Å². The molecule has 0 radical (unpaired) electrons. The summed E-state index contributed by atoms with van der Waals surface area (Å²) in [5, 5.41) is 8.58. The fourth-order valence-electron chi connectivity index (χ4n) is 0.374. The molecule has 3 N–H and O–H groups in total. The summed E-state index contributed by atoms with van der Waals surface area (Å²) in [4.78, 5) is 6.24. The second kappa shape index (κ2) is 1.85. The number of anilines is 1. The Morgan fingerprint density at radius 1 is 1.67 bits per heavy atom. The maximum absolute atomic E-state index is 12.0. The summed E-state index contributed by atoms with van der Waals surface area (Å²) in [6, 6.07) is 0. The number of nitrogens with zero attached hydrogens (tertiary/aromatic N) is 2. The molecule has 5 heteroatoms. The van der Waals surface area contributed by atoms with Gasteiger partial charge in [0.1, 0.15) is 0 Å². The Kier molecular flexibility index (Phi) is 1.18. The van der Waals surface area contributed by atoms with E-state index in [-0.39, 0.29) is 5.82 Å². The van der Waals surface area contributed by atoms with Crippen LogP contribution in [-0.2, 0) is 0 Å². The molecule has 0 amide bonds. The van der Waals surface area contributed by atoms with Crippen LogP contribution in [0.2, 0.25) is 0 Å². The van der Waals surface area contributed by atoms with Crippen molar-refractivity contribution in [2.45, 2.75) is 0 Å². The number of nitrogen functional groups attached to an aromatic ring is 1. The molecule has 0 saturated carbocycles. The Hall–Kier alpha value is -1.39. The highest BCUT2D eigenvalue weighted by Crippen LogP contribution is 2.10. The molecule has 1 heterocycles. The largest absolute Gasteiger partial charge is 0.491 e. The number of aromatic hydroxyl groups is 1. The van der Waals surface area contributed by atoms with E-state index < -0.39 is 11.8 Å². The molecule has 0 aliphatic heterocycles. The Morgan fingerprint density at radius 2 is 2.33 bits per heavy atom. The predicted molar refractivity (Wildman–Crippen MR) is 28.1 cm³/mol. The Balaban J connectivity index is 3.17. The van der Waals surface area contributed by atoms with Crippen molar-refractivity contribution in [3.8, 4) is 5.88 Å². The summed E-state index contributed by atoms with van der Waals surface area (Å²) < 4.78 is 12.0. The van der Waals surface area contributed by atoms with E-state index in [0.717, 1.165) is 6.20 Å². The highest BCUT2D eigenvalue weighted by atomic mass is 19.1. The predicted octanol–water partition coefficient (Wildman–Crippen LogP) is -0.0965. The zero-order valence-electron chi connectivity index (χ0n) is 4.37. The molecule has 0 bridgehead atoms. The lowest BCUT2D eigenvalue weighted by atomic mass is 10.6. The first-order chi connectivity index (χ1) is 4.20. The molecular formula is C4H4FN3O. The lowest BCUT2D eigenvalue weighted by Gasteiger charge is -1.92. The summed E-state index contributed by atoms with van der Waals surface area (Å²) in [6.07, 6.45) is 0.783. The van der Waals surface area contributed by atoms with Crippen LogP contribution in [0.4, 0.5) is 10.2 Å². The van der Waals surface area contributed by atoms with Crippen molar-refractivity contribution in [1.82, 2.24) is 9.97 Å². The molecule has 1 aromatic rings. The molecule has 48 valence electrons. The zero-order valence-corrected chi connectivity index (χ0v) is 4.37. The molecular weight excluding hydrogens is 125 g/mol. The van der Waals surface area contributed by atoms with Gasteiger partial charge in [-0.3, -0.25) is 0 Å². The minimum atomic E-state index is -0.801. The number of halogens is 1. The smallest absolute Gasteiger partial charge is 0.254 e. The van der Waals surface area contributed by atoms with E-state index in [0.29, 0.717) is 0 Å². The average molecular weight is 129 g/mol. The molecule has 0 fully saturated rings. The first-order valence-corrected chi connectivity index (χ1v) is 2.17. The van der Waals surface area contributed by atoms with Gasteiger partial charge < -0.3 is 10.8 Å². The maximum atomic E-state index is 12.0. The number of rotatable bonds is 0. The third kappa shape index (κ3) is 1.04. The summed E-state index contributed by atoms with van der Waals surface area (Å²) in [5.74, 6) is -1.54. The summed E-state index contributed by atoms with van der Waals surface area (Å²) in [5.41, 5.74) is 4.96. The summed E-state index contributed by atoms with van der Waals surface area (Å²) in [6.45, 7) is 0. The van der Waals surface area contributed by atoms with Crippen molar-refractivity contribution in [3.05, 3.63) is 12.1 Å². The van der Waals surface area contributed by atoms with Gasteiger partial charge in [0.15, 0.2) is 5.82 Å². The van der Waals surface area contributed by atoms with E-state index in [1.807, 2.05) is 0 Å². The molecule has 0 spiro atoms. The van der Waals surface area contributed by atoms with Gasteiger partial charge >= 0.3 is 0 Å². The molecule has 9 heavy (non-hydrogen) atoms. The Morgan fingerprint density at radius 3 is 2.78 bits per heavy atom. The lowest BCUT2D eigenvalue weighted by Crippen LogP contribution is -1.94. The quantitative estimate of drug-likeness (QED) is 0.513. The van der Waals surface area contributed by atoms with Crippen molar-refractivity contribution in [2.24, 2.45) is 0 Å². The Bertz CT molecular complexity index is 227. The third-order valence-electron chi connectivity index (χ3n) is 0.750. The first-order valence-electron chi connectivity index (χ1n) is 2.17. The summed E-state index contributed by atoms with van der Waals surface area (Å²) >= 11 is 0. The fourth-order valence-corrected chi connectivity index (χ4v) is 0.374.